The molecule has 2 aromatic rings. The highest BCUT2D eigenvalue weighted by atomic mass is 35.5. The van der Waals surface area contributed by atoms with Crippen LogP contribution in [0, 0.1) is 6.92 Å². The molecule has 0 aliphatic rings. The quantitative estimate of drug-likeness (QED) is 0.905. The van der Waals surface area contributed by atoms with Crippen molar-refractivity contribution < 1.29 is 4.79 Å². The Bertz CT molecular complexity index is 599. The number of hydrogen-bond donors (Lipinski definition) is 1. The number of pyridine rings is 1. The molecule has 5 heteroatoms. The zero-order valence-electron chi connectivity index (χ0n) is 9.58. The minimum absolute atomic E-state index is 0.317. The lowest BCUT2D eigenvalue weighted by atomic mass is 10.2. The van der Waals surface area contributed by atoms with Gasteiger partial charge in [0.1, 0.15) is 5.69 Å². The number of aromatic nitrogens is 1. The van der Waals surface area contributed by atoms with E-state index in [9.17, 15) is 4.79 Å². The van der Waals surface area contributed by atoms with E-state index in [4.69, 9.17) is 23.2 Å². The van der Waals surface area contributed by atoms with Crippen LogP contribution in [-0.2, 0) is 0 Å². The minimum atomic E-state index is -0.317. The Morgan fingerprint density at radius 1 is 1.17 bits per heavy atom. The van der Waals surface area contributed by atoms with E-state index in [1.54, 1.807) is 30.3 Å². The van der Waals surface area contributed by atoms with Crippen LogP contribution in [0.5, 0.6) is 0 Å². The summed E-state index contributed by atoms with van der Waals surface area (Å²) in [6.07, 6.45) is 0. The molecule has 18 heavy (non-hydrogen) atoms. The van der Waals surface area contributed by atoms with Gasteiger partial charge in [0.05, 0.1) is 15.7 Å². The molecule has 0 atom stereocenters. The van der Waals surface area contributed by atoms with Crippen LogP contribution in [0.25, 0.3) is 0 Å². The topological polar surface area (TPSA) is 42.0 Å². The Morgan fingerprint density at radius 3 is 2.61 bits per heavy atom. The van der Waals surface area contributed by atoms with Crippen LogP contribution < -0.4 is 5.32 Å². The molecule has 1 amide bonds. The molecule has 3 nitrogen and oxygen atoms in total. The third-order valence-electron chi connectivity index (χ3n) is 2.32. The summed E-state index contributed by atoms with van der Waals surface area (Å²) in [7, 11) is 0. The third kappa shape index (κ3) is 2.81. The van der Waals surface area contributed by atoms with Gasteiger partial charge >= 0.3 is 0 Å². The summed E-state index contributed by atoms with van der Waals surface area (Å²) in [5.74, 6) is -0.317. The van der Waals surface area contributed by atoms with E-state index < -0.39 is 0 Å². The van der Waals surface area contributed by atoms with Crippen molar-refractivity contribution >= 4 is 34.8 Å². The second-order valence-electron chi connectivity index (χ2n) is 3.72. The predicted molar refractivity (Wildman–Crippen MR) is 73.4 cm³/mol. The first-order valence-corrected chi connectivity index (χ1v) is 6.02. The number of nitrogens with one attached hydrogen (secondary N) is 1. The molecule has 0 aliphatic carbocycles. The van der Waals surface area contributed by atoms with Gasteiger partial charge in [-0.3, -0.25) is 4.79 Å². The van der Waals surface area contributed by atoms with Crippen molar-refractivity contribution in [3.05, 3.63) is 57.8 Å². The van der Waals surface area contributed by atoms with Crippen molar-refractivity contribution in [1.82, 2.24) is 4.98 Å². The van der Waals surface area contributed by atoms with Crippen molar-refractivity contribution in [2.45, 2.75) is 6.92 Å². The molecule has 0 unspecified atom stereocenters. The maximum atomic E-state index is 12.0. The number of hydrogen-bond acceptors (Lipinski definition) is 2. The van der Waals surface area contributed by atoms with Crippen LogP contribution in [-0.4, -0.2) is 10.9 Å². The largest absolute Gasteiger partial charge is 0.319 e. The van der Waals surface area contributed by atoms with Gasteiger partial charge in [0.25, 0.3) is 5.91 Å². The smallest absolute Gasteiger partial charge is 0.274 e. The number of rotatable bonds is 2. The lowest BCUT2D eigenvalue weighted by Crippen LogP contribution is -2.14. The molecule has 0 bridgehead atoms. The van der Waals surface area contributed by atoms with Gasteiger partial charge in [0, 0.05) is 5.69 Å². The molecule has 1 N–H and O–H groups in total. The number of aryl methyl sites for hydroxylation is 1. The molecule has 0 fully saturated rings. The molecule has 1 aromatic heterocycles. The van der Waals surface area contributed by atoms with E-state index in [-0.39, 0.29) is 5.91 Å². The van der Waals surface area contributed by atoms with Gasteiger partial charge in [-0.15, -0.1) is 0 Å². The van der Waals surface area contributed by atoms with Crippen LogP contribution in [0.15, 0.2) is 36.4 Å². The first kappa shape index (κ1) is 12.9. The van der Waals surface area contributed by atoms with E-state index in [1.807, 2.05) is 13.0 Å². The summed E-state index contributed by atoms with van der Waals surface area (Å²) < 4.78 is 0. The van der Waals surface area contributed by atoms with Gasteiger partial charge in [-0.2, -0.15) is 0 Å². The number of benzene rings is 1. The number of amides is 1. The first-order chi connectivity index (χ1) is 8.58. The van der Waals surface area contributed by atoms with Gasteiger partial charge < -0.3 is 5.32 Å². The van der Waals surface area contributed by atoms with Crippen molar-refractivity contribution in [3.8, 4) is 0 Å². The number of halogens is 2. The Labute approximate surface area is 115 Å². The number of anilines is 1. The maximum Gasteiger partial charge on any atom is 0.274 e. The lowest BCUT2D eigenvalue weighted by Gasteiger charge is -2.07. The van der Waals surface area contributed by atoms with Gasteiger partial charge in [0.15, 0.2) is 0 Å². The number of nitrogens with zero attached hydrogens (tertiary/aromatic N) is 1. The molecular formula is C13H10Cl2N2O. The van der Waals surface area contributed by atoms with Crippen LogP contribution >= 0.6 is 23.2 Å². The monoisotopic (exact) mass is 280 g/mol. The standard InChI is InChI=1S/C13H10Cl2N2O/c1-8-4-2-7-11(16-8)13(18)17-10-6-3-5-9(14)12(10)15/h2-7H,1H3,(H,17,18). The predicted octanol–water partition coefficient (Wildman–Crippen LogP) is 3.95. The number of carbonyl (C=O) groups excluding carboxylic acids is 1. The van der Waals surface area contributed by atoms with Crippen LogP contribution in [0.3, 0.4) is 0 Å². The Hall–Kier alpha value is -1.58. The SMILES string of the molecule is Cc1cccc(C(=O)Nc2cccc(Cl)c2Cl)n1. The van der Waals surface area contributed by atoms with Crippen LogP contribution in [0.2, 0.25) is 10.0 Å². The third-order valence-corrected chi connectivity index (χ3v) is 3.14. The van der Waals surface area contributed by atoms with Crippen LogP contribution in [0.4, 0.5) is 5.69 Å². The zero-order valence-corrected chi connectivity index (χ0v) is 11.1. The molecule has 0 saturated heterocycles. The number of carbonyl (C=O) groups is 1. The summed E-state index contributed by atoms with van der Waals surface area (Å²) in [5.41, 5.74) is 1.59. The summed E-state index contributed by atoms with van der Waals surface area (Å²) >= 11 is 11.9. The first-order valence-electron chi connectivity index (χ1n) is 5.27. The van der Waals surface area contributed by atoms with Gasteiger partial charge in [-0.05, 0) is 31.2 Å². The molecule has 92 valence electrons. The normalized spacial score (nSPS) is 10.2. The second-order valence-corrected chi connectivity index (χ2v) is 4.50. The fraction of sp³-hybridized carbons (Fsp3) is 0.0769. The fourth-order valence-electron chi connectivity index (χ4n) is 1.46. The van der Waals surface area contributed by atoms with E-state index >= 15 is 0 Å². The molecule has 0 radical (unpaired) electrons. The summed E-state index contributed by atoms with van der Waals surface area (Å²) in [6.45, 7) is 1.82. The zero-order chi connectivity index (χ0) is 13.1. The highest BCUT2D eigenvalue weighted by Crippen LogP contribution is 2.29. The van der Waals surface area contributed by atoms with E-state index in [0.717, 1.165) is 5.69 Å². The Balaban J connectivity index is 2.24. The molecular weight excluding hydrogens is 271 g/mol. The van der Waals surface area contributed by atoms with Crippen molar-refractivity contribution in [2.24, 2.45) is 0 Å². The Kier molecular flexibility index (Phi) is 3.84. The van der Waals surface area contributed by atoms with Crippen LogP contribution in [0.1, 0.15) is 16.2 Å². The Morgan fingerprint density at radius 2 is 1.89 bits per heavy atom. The highest BCUT2D eigenvalue weighted by Gasteiger charge is 2.11. The lowest BCUT2D eigenvalue weighted by molar-refractivity contribution is 0.102. The summed E-state index contributed by atoms with van der Waals surface area (Å²) in [5, 5.41) is 3.39. The maximum absolute atomic E-state index is 12.0. The van der Waals surface area contributed by atoms with E-state index in [2.05, 4.69) is 10.3 Å². The average molecular weight is 281 g/mol. The van der Waals surface area contributed by atoms with Crippen molar-refractivity contribution in [1.29, 1.82) is 0 Å². The van der Waals surface area contributed by atoms with Gasteiger partial charge in [0.2, 0.25) is 0 Å². The summed E-state index contributed by atoms with van der Waals surface area (Å²) in [4.78, 5) is 16.1. The fourth-order valence-corrected chi connectivity index (χ4v) is 1.80. The van der Waals surface area contributed by atoms with Gasteiger partial charge in [-0.25, -0.2) is 4.98 Å². The molecule has 1 aromatic carbocycles. The highest BCUT2D eigenvalue weighted by molar-refractivity contribution is 6.44. The van der Waals surface area contributed by atoms with E-state index in [0.29, 0.717) is 21.4 Å². The second kappa shape index (κ2) is 5.38. The van der Waals surface area contributed by atoms with Gasteiger partial charge in [-0.1, -0.05) is 35.3 Å². The molecule has 1 heterocycles. The molecule has 0 spiro atoms. The molecule has 0 saturated carbocycles. The van der Waals surface area contributed by atoms with E-state index in [1.165, 1.54) is 0 Å². The van der Waals surface area contributed by atoms with Crippen molar-refractivity contribution in [2.75, 3.05) is 5.32 Å². The van der Waals surface area contributed by atoms with Crippen molar-refractivity contribution in [3.63, 3.8) is 0 Å². The molecule has 0 aliphatic heterocycles. The summed E-state index contributed by atoms with van der Waals surface area (Å²) in [6, 6.07) is 10.3. The average Bonchev–Trinajstić information content (AvgIpc) is 2.35. The molecule has 2 rings (SSSR count). The minimum Gasteiger partial charge on any atom is -0.319 e.